The van der Waals surface area contributed by atoms with Gasteiger partial charge in [0.2, 0.25) is 5.91 Å². The third-order valence-electron chi connectivity index (χ3n) is 6.49. The molecule has 1 saturated heterocycles. The molecule has 1 aliphatic carbocycles. The van der Waals surface area contributed by atoms with Crippen LogP contribution in [0.5, 0.6) is 0 Å². The lowest BCUT2D eigenvalue weighted by Gasteiger charge is -2.31. The van der Waals surface area contributed by atoms with Gasteiger partial charge < -0.3 is 5.32 Å². The van der Waals surface area contributed by atoms with Crippen molar-refractivity contribution in [3.63, 3.8) is 0 Å². The van der Waals surface area contributed by atoms with E-state index in [1.54, 1.807) is 7.05 Å². The molecule has 0 atom stereocenters. The van der Waals surface area contributed by atoms with E-state index in [0.717, 1.165) is 56.5 Å². The second kappa shape index (κ2) is 9.09. The number of carbonyl (C=O) groups is 1. The van der Waals surface area contributed by atoms with Crippen LogP contribution in [0.3, 0.4) is 0 Å². The molecule has 0 unspecified atom stereocenters. The minimum atomic E-state index is -4.40. The average molecular weight is 451 g/mol. The number of hydrogen-bond donors (Lipinski definition) is 1. The quantitative estimate of drug-likeness (QED) is 0.755. The number of hydrogen-bond acceptors (Lipinski definition) is 4. The molecule has 1 aliphatic heterocycles. The molecule has 1 N–H and O–H groups in total. The van der Waals surface area contributed by atoms with Gasteiger partial charge in [0.15, 0.2) is 0 Å². The van der Waals surface area contributed by atoms with Gasteiger partial charge in [-0.15, -0.1) is 0 Å². The van der Waals surface area contributed by atoms with Crippen LogP contribution in [0.2, 0.25) is 0 Å². The molecule has 32 heavy (non-hydrogen) atoms. The zero-order valence-corrected chi connectivity index (χ0v) is 18.1. The lowest BCUT2D eigenvalue weighted by Crippen LogP contribution is -2.39. The summed E-state index contributed by atoms with van der Waals surface area (Å²) in [4.78, 5) is 27.0. The van der Waals surface area contributed by atoms with Crippen LogP contribution >= 0.6 is 0 Å². The molecular formula is C22H28F3N5O2. The Labute approximate surface area is 184 Å². The molecule has 2 fully saturated rings. The topological polar surface area (TPSA) is 72.2 Å². The van der Waals surface area contributed by atoms with Crippen LogP contribution in [0.1, 0.15) is 61.9 Å². The average Bonchev–Trinajstić information content (AvgIpc) is 3.37. The van der Waals surface area contributed by atoms with Gasteiger partial charge in [-0.05, 0) is 63.0 Å². The van der Waals surface area contributed by atoms with E-state index in [9.17, 15) is 22.8 Å². The Morgan fingerprint density at radius 1 is 1.09 bits per heavy atom. The van der Waals surface area contributed by atoms with E-state index in [1.807, 2.05) is 9.47 Å². The highest BCUT2D eigenvalue weighted by atomic mass is 19.4. The van der Waals surface area contributed by atoms with Gasteiger partial charge in [0, 0.05) is 24.7 Å². The summed E-state index contributed by atoms with van der Waals surface area (Å²) in [6.07, 6.45) is 1.51. The fourth-order valence-corrected chi connectivity index (χ4v) is 4.78. The predicted molar refractivity (Wildman–Crippen MR) is 113 cm³/mol. The van der Waals surface area contributed by atoms with Crippen molar-refractivity contribution in [3.05, 3.63) is 46.1 Å². The summed E-state index contributed by atoms with van der Waals surface area (Å²) in [5.41, 5.74) is -0.458. The summed E-state index contributed by atoms with van der Waals surface area (Å²) in [5.74, 6) is 0.779. The Morgan fingerprint density at radius 2 is 1.72 bits per heavy atom. The number of amides is 1. The van der Waals surface area contributed by atoms with E-state index in [1.165, 1.54) is 16.8 Å². The van der Waals surface area contributed by atoms with Crippen LogP contribution in [0.4, 0.5) is 18.9 Å². The fourth-order valence-electron chi connectivity index (χ4n) is 4.78. The minimum absolute atomic E-state index is 0.0507. The van der Waals surface area contributed by atoms with Crippen LogP contribution in [-0.2, 0) is 18.0 Å². The van der Waals surface area contributed by atoms with Crippen molar-refractivity contribution in [1.82, 2.24) is 19.2 Å². The minimum Gasteiger partial charge on any atom is -0.325 e. The smallest absolute Gasteiger partial charge is 0.325 e. The normalized spacial score (nSPS) is 18.9. The van der Waals surface area contributed by atoms with Gasteiger partial charge in [-0.1, -0.05) is 12.8 Å². The van der Waals surface area contributed by atoms with Crippen LogP contribution < -0.4 is 11.0 Å². The highest BCUT2D eigenvalue weighted by molar-refractivity contribution is 5.92. The monoisotopic (exact) mass is 451 g/mol. The van der Waals surface area contributed by atoms with Crippen molar-refractivity contribution in [2.75, 3.05) is 25.0 Å². The van der Waals surface area contributed by atoms with Crippen molar-refractivity contribution < 1.29 is 18.0 Å². The zero-order valence-electron chi connectivity index (χ0n) is 18.1. The summed E-state index contributed by atoms with van der Waals surface area (Å²) in [6.45, 7) is 1.56. The Kier molecular flexibility index (Phi) is 6.41. The second-order valence-corrected chi connectivity index (χ2v) is 8.75. The van der Waals surface area contributed by atoms with E-state index in [-0.39, 0.29) is 30.1 Å². The molecule has 7 nitrogen and oxygen atoms in total. The maximum atomic E-state index is 12.7. The van der Waals surface area contributed by atoms with E-state index < -0.39 is 11.7 Å². The second-order valence-electron chi connectivity index (χ2n) is 8.75. The molecule has 1 saturated carbocycles. The Morgan fingerprint density at radius 3 is 2.31 bits per heavy atom. The first-order valence-electron chi connectivity index (χ1n) is 11.1. The number of alkyl halides is 3. The summed E-state index contributed by atoms with van der Waals surface area (Å²) in [7, 11) is 1.69. The number of anilines is 1. The van der Waals surface area contributed by atoms with E-state index in [0.29, 0.717) is 18.8 Å². The molecule has 10 heteroatoms. The number of piperidine rings is 1. The first-order valence-corrected chi connectivity index (χ1v) is 11.1. The maximum absolute atomic E-state index is 12.7. The van der Waals surface area contributed by atoms with Gasteiger partial charge in [-0.25, -0.2) is 9.48 Å². The van der Waals surface area contributed by atoms with Crippen LogP contribution in [-0.4, -0.2) is 44.8 Å². The molecule has 0 spiro atoms. The Balaban J connectivity index is 1.32. The third kappa shape index (κ3) is 4.90. The molecule has 0 radical (unpaired) electrons. The van der Waals surface area contributed by atoms with Crippen molar-refractivity contribution in [3.8, 4) is 0 Å². The van der Waals surface area contributed by atoms with Crippen molar-refractivity contribution in [2.24, 2.45) is 7.05 Å². The van der Waals surface area contributed by atoms with Gasteiger partial charge >= 0.3 is 11.9 Å². The number of nitrogens with zero attached hydrogens (tertiary/aromatic N) is 4. The molecule has 2 aliphatic rings. The molecule has 1 aromatic carbocycles. The molecule has 1 amide bonds. The molecular weight excluding hydrogens is 423 g/mol. The highest BCUT2D eigenvalue weighted by Gasteiger charge is 2.31. The van der Waals surface area contributed by atoms with Crippen LogP contribution in [0.25, 0.3) is 0 Å². The molecule has 1 aromatic heterocycles. The van der Waals surface area contributed by atoms with E-state index in [2.05, 4.69) is 10.4 Å². The van der Waals surface area contributed by atoms with Gasteiger partial charge in [-0.3, -0.25) is 14.3 Å². The van der Waals surface area contributed by atoms with Crippen molar-refractivity contribution in [2.45, 2.75) is 56.7 Å². The molecule has 4 rings (SSSR count). The fraction of sp³-hybridized carbons (Fsp3) is 0.591. The van der Waals surface area contributed by atoms with Crippen LogP contribution in [0, 0.1) is 0 Å². The third-order valence-corrected chi connectivity index (χ3v) is 6.49. The first kappa shape index (κ1) is 22.6. The Bertz CT molecular complexity index is 998. The number of benzene rings is 1. The highest BCUT2D eigenvalue weighted by Crippen LogP contribution is 2.33. The number of nitrogens with one attached hydrogen (secondary N) is 1. The zero-order chi connectivity index (χ0) is 22.9. The number of aromatic nitrogens is 3. The van der Waals surface area contributed by atoms with Crippen molar-refractivity contribution >= 4 is 11.6 Å². The lowest BCUT2D eigenvalue weighted by molar-refractivity contribution is -0.137. The summed E-state index contributed by atoms with van der Waals surface area (Å²) in [6, 6.07) is 4.67. The molecule has 174 valence electrons. The SMILES string of the molecule is Cn1nc(C2CCN(CC(=O)Nc3ccc(C(F)(F)F)cc3)CC2)n(C2CCCC2)c1=O. The number of aryl methyl sites for hydroxylation is 1. The van der Waals surface area contributed by atoms with Gasteiger partial charge in [-0.2, -0.15) is 18.3 Å². The number of carbonyl (C=O) groups excluding carboxylic acids is 1. The van der Waals surface area contributed by atoms with E-state index >= 15 is 0 Å². The number of halogens is 3. The maximum Gasteiger partial charge on any atom is 0.416 e. The van der Waals surface area contributed by atoms with Crippen LogP contribution in [0.15, 0.2) is 29.1 Å². The lowest BCUT2D eigenvalue weighted by atomic mass is 9.95. The van der Waals surface area contributed by atoms with Gasteiger partial charge in [0.05, 0.1) is 12.1 Å². The van der Waals surface area contributed by atoms with Crippen molar-refractivity contribution in [1.29, 1.82) is 0 Å². The molecule has 2 aromatic rings. The van der Waals surface area contributed by atoms with Gasteiger partial charge in [0.25, 0.3) is 0 Å². The first-order chi connectivity index (χ1) is 15.2. The number of rotatable bonds is 5. The van der Waals surface area contributed by atoms with Gasteiger partial charge in [0.1, 0.15) is 5.82 Å². The standard InChI is InChI=1S/C22H28F3N5O2/c1-28-21(32)30(18-4-2-3-5-18)20(27-28)15-10-12-29(13-11-15)14-19(31)26-17-8-6-16(7-9-17)22(23,24)25/h6-9,15,18H,2-5,10-14H2,1H3,(H,26,31). The predicted octanol–water partition coefficient (Wildman–Crippen LogP) is 3.53. The molecule has 2 heterocycles. The Hall–Kier alpha value is -2.62. The van der Waals surface area contributed by atoms with E-state index in [4.69, 9.17) is 0 Å². The number of likely N-dealkylation sites (tertiary alicyclic amines) is 1. The summed E-state index contributed by atoms with van der Waals surface area (Å²) in [5, 5.41) is 7.19. The summed E-state index contributed by atoms with van der Waals surface area (Å²) < 4.78 is 41.3. The molecule has 0 bridgehead atoms. The largest absolute Gasteiger partial charge is 0.416 e. The summed E-state index contributed by atoms with van der Waals surface area (Å²) >= 11 is 0.